The lowest BCUT2D eigenvalue weighted by Gasteiger charge is -1.96. The molecule has 3 aromatic rings. The molecule has 0 aliphatic rings. The summed E-state index contributed by atoms with van der Waals surface area (Å²) in [7, 11) is 0. The van der Waals surface area contributed by atoms with Crippen LogP contribution >= 0.6 is 11.8 Å². The van der Waals surface area contributed by atoms with Crippen molar-refractivity contribution >= 4 is 28.5 Å². The fourth-order valence-electron chi connectivity index (χ4n) is 1.71. The van der Waals surface area contributed by atoms with Crippen LogP contribution < -0.4 is 5.73 Å². The maximum Gasteiger partial charge on any atom is 0.205 e. The third-order valence-corrected chi connectivity index (χ3v) is 3.56. The van der Waals surface area contributed by atoms with Crippen molar-refractivity contribution in [2.75, 3.05) is 5.73 Å². The molecule has 0 aliphatic carbocycles. The highest BCUT2D eigenvalue weighted by atomic mass is 32.2. The number of hydrogen-bond donors (Lipinski definition) is 1. The van der Waals surface area contributed by atoms with E-state index in [0.29, 0.717) is 5.69 Å². The predicted octanol–water partition coefficient (Wildman–Crippen LogP) is 3.70. The zero-order valence-corrected chi connectivity index (χ0v) is 10.5. The highest BCUT2D eigenvalue weighted by Gasteiger charge is 2.06. The molecule has 2 N–H and O–H groups in total. The molecule has 0 unspecified atom stereocenters. The van der Waals surface area contributed by atoms with Gasteiger partial charge < -0.3 is 10.2 Å². The molecule has 2 aromatic carbocycles. The lowest BCUT2D eigenvalue weighted by atomic mass is 10.3. The number of anilines is 1. The first-order valence-corrected chi connectivity index (χ1v) is 6.62. The molecular formula is C14H12N2OS. The van der Waals surface area contributed by atoms with E-state index in [-0.39, 0.29) is 0 Å². The highest BCUT2D eigenvalue weighted by molar-refractivity contribution is 7.98. The molecule has 0 saturated heterocycles. The van der Waals surface area contributed by atoms with Crippen molar-refractivity contribution in [3.8, 4) is 0 Å². The maximum atomic E-state index is 5.71. The molecule has 0 aliphatic heterocycles. The van der Waals surface area contributed by atoms with Gasteiger partial charge in [0.15, 0.2) is 5.58 Å². The zero-order chi connectivity index (χ0) is 12.4. The minimum atomic E-state index is 0.695. The molecule has 3 nitrogen and oxygen atoms in total. The number of fused-ring (bicyclic) bond motifs is 1. The standard InChI is InChI=1S/C14H12N2OS/c15-10-6-7-12-13(8-10)17-14(16-12)9-18-11-4-2-1-3-5-11/h1-8H,9,15H2. The maximum absolute atomic E-state index is 5.71. The zero-order valence-electron chi connectivity index (χ0n) is 9.67. The number of thioether (sulfide) groups is 1. The van der Waals surface area contributed by atoms with Crippen LogP contribution in [0, 0.1) is 0 Å². The smallest absolute Gasteiger partial charge is 0.205 e. The van der Waals surface area contributed by atoms with Gasteiger partial charge in [0.2, 0.25) is 5.89 Å². The normalized spacial score (nSPS) is 10.9. The molecule has 0 bridgehead atoms. The number of nitrogens with zero attached hydrogens (tertiary/aromatic N) is 1. The Hall–Kier alpha value is -1.94. The number of nitrogen functional groups attached to an aromatic ring is 1. The Morgan fingerprint density at radius 1 is 1.11 bits per heavy atom. The Balaban J connectivity index is 1.79. The first-order valence-electron chi connectivity index (χ1n) is 5.64. The largest absolute Gasteiger partial charge is 0.440 e. The summed E-state index contributed by atoms with van der Waals surface area (Å²) in [5.74, 6) is 1.45. The average molecular weight is 256 g/mol. The molecule has 0 spiro atoms. The molecule has 18 heavy (non-hydrogen) atoms. The Labute approximate surface area is 109 Å². The van der Waals surface area contributed by atoms with Crippen molar-refractivity contribution in [3.05, 3.63) is 54.4 Å². The number of benzene rings is 2. The van der Waals surface area contributed by atoms with Crippen LogP contribution in [0.5, 0.6) is 0 Å². The number of oxazole rings is 1. The predicted molar refractivity (Wildman–Crippen MR) is 74.4 cm³/mol. The van der Waals surface area contributed by atoms with Gasteiger partial charge in [0, 0.05) is 16.6 Å². The summed E-state index contributed by atoms with van der Waals surface area (Å²) in [5.41, 5.74) is 8.00. The van der Waals surface area contributed by atoms with E-state index < -0.39 is 0 Å². The van der Waals surface area contributed by atoms with Gasteiger partial charge in [0.25, 0.3) is 0 Å². The van der Waals surface area contributed by atoms with E-state index in [1.807, 2.05) is 30.3 Å². The van der Waals surface area contributed by atoms with E-state index in [2.05, 4.69) is 17.1 Å². The molecule has 90 valence electrons. The molecule has 1 aromatic heterocycles. The van der Waals surface area contributed by atoms with E-state index >= 15 is 0 Å². The van der Waals surface area contributed by atoms with E-state index in [0.717, 1.165) is 22.7 Å². The van der Waals surface area contributed by atoms with Gasteiger partial charge in [0.05, 0.1) is 5.75 Å². The molecule has 0 atom stereocenters. The molecule has 0 amide bonds. The van der Waals surface area contributed by atoms with Gasteiger partial charge in [-0.15, -0.1) is 11.8 Å². The first kappa shape index (κ1) is 11.2. The lowest BCUT2D eigenvalue weighted by molar-refractivity contribution is 0.556. The van der Waals surface area contributed by atoms with Crippen LogP contribution in [0.2, 0.25) is 0 Å². The Morgan fingerprint density at radius 2 is 1.94 bits per heavy atom. The summed E-state index contributed by atoms with van der Waals surface area (Å²) in [4.78, 5) is 5.63. The van der Waals surface area contributed by atoms with Gasteiger partial charge in [-0.25, -0.2) is 4.98 Å². The van der Waals surface area contributed by atoms with Crippen LogP contribution in [0.1, 0.15) is 5.89 Å². The molecule has 4 heteroatoms. The molecule has 3 rings (SSSR count). The van der Waals surface area contributed by atoms with Gasteiger partial charge in [-0.1, -0.05) is 18.2 Å². The highest BCUT2D eigenvalue weighted by Crippen LogP contribution is 2.25. The van der Waals surface area contributed by atoms with Gasteiger partial charge >= 0.3 is 0 Å². The van der Waals surface area contributed by atoms with Crippen LogP contribution in [-0.2, 0) is 5.75 Å². The second-order valence-corrected chi connectivity index (χ2v) is 4.99. The van der Waals surface area contributed by atoms with Crippen molar-refractivity contribution in [1.29, 1.82) is 0 Å². The van der Waals surface area contributed by atoms with Crippen LogP contribution in [0.4, 0.5) is 5.69 Å². The summed E-state index contributed by atoms with van der Waals surface area (Å²) in [6, 6.07) is 15.7. The van der Waals surface area contributed by atoms with E-state index in [4.69, 9.17) is 10.2 Å². The van der Waals surface area contributed by atoms with E-state index in [1.54, 1.807) is 17.8 Å². The second kappa shape index (κ2) is 4.74. The SMILES string of the molecule is Nc1ccc2nc(CSc3ccccc3)oc2c1. The summed E-state index contributed by atoms with van der Waals surface area (Å²) >= 11 is 1.71. The monoisotopic (exact) mass is 256 g/mol. The molecular weight excluding hydrogens is 244 g/mol. The second-order valence-electron chi connectivity index (χ2n) is 3.94. The van der Waals surface area contributed by atoms with Crippen molar-refractivity contribution in [2.24, 2.45) is 0 Å². The fourth-order valence-corrected chi connectivity index (χ4v) is 2.48. The number of rotatable bonds is 3. The van der Waals surface area contributed by atoms with E-state index in [1.165, 1.54) is 4.90 Å². The first-order chi connectivity index (χ1) is 8.81. The number of aromatic nitrogens is 1. The van der Waals surface area contributed by atoms with Crippen LogP contribution in [-0.4, -0.2) is 4.98 Å². The number of hydrogen-bond acceptors (Lipinski definition) is 4. The van der Waals surface area contributed by atoms with Crippen LogP contribution in [0.3, 0.4) is 0 Å². The molecule has 1 heterocycles. The van der Waals surface area contributed by atoms with Crippen LogP contribution in [0.15, 0.2) is 57.8 Å². The Morgan fingerprint density at radius 3 is 2.78 bits per heavy atom. The Kier molecular flexibility index (Phi) is 2.94. The van der Waals surface area contributed by atoms with Crippen molar-refractivity contribution in [1.82, 2.24) is 4.98 Å². The quantitative estimate of drug-likeness (QED) is 0.573. The Bertz CT molecular complexity index is 664. The van der Waals surface area contributed by atoms with Crippen molar-refractivity contribution < 1.29 is 4.42 Å². The topological polar surface area (TPSA) is 52.0 Å². The van der Waals surface area contributed by atoms with Crippen molar-refractivity contribution in [2.45, 2.75) is 10.6 Å². The summed E-state index contributed by atoms with van der Waals surface area (Å²) in [5, 5.41) is 0. The van der Waals surface area contributed by atoms with Crippen LogP contribution in [0.25, 0.3) is 11.1 Å². The van der Waals surface area contributed by atoms with E-state index in [9.17, 15) is 0 Å². The lowest BCUT2D eigenvalue weighted by Crippen LogP contribution is -1.81. The summed E-state index contributed by atoms with van der Waals surface area (Å²) < 4.78 is 5.66. The minimum absolute atomic E-state index is 0.695. The van der Waals surface area contributed by atoms with Gasteiger partial charge in [-0.2, -0.15) is 0 Å². The molecule has 0 saturated carbocycles. The summed E-state index contributed by atoms with van der Waals surface area (Å²) in [6.07, 6.45) is 0. The minimum Gasteiger partial charge on any atom is -0.440 e. The van der Waals surface area contributed by atoms with Gasteiger partial charge in [-0.05, 0) is 24.3 Å². The van der Waals surface area contributed by atoms with Gasteiger partial charge in [0.1, 0.15) is 5.52 Å². The number of nitrogens with two attached hydrogens (primary N) is 1. The fraction of sp³-hybridized carbons (Fsp3) is 0.0714. The molecule has 0 radical (unpaired) electrons. The van der Waals surface area contributed by atoms with Gasteiger partial charge in [-0.3, -0.25) is 0 Å². The third kappa shape index (κ3) is 2.33. The average Bonchev–Trinajstić information content (AvgIpc) is 2.79. The van der Waals surface area contributed by atoms with Crippen molar-refractivity contribution in [3.63, 3.8) is 0 Å². The molecule has 0 fully saturated rings. The third-order valence-electron chi connectivity index (χ3n) is 2.56. The summed E-state index contributed by atoms with van der Waals surface area (Å²) in [6.45, 7) is 0.